The molecule has 0 spiro atoms. The van der Waals surface area contributed by atoms with E-state index in [0.29, 0.717) is 25.3 Å². The summed E-state index contributed by atoms with van der Waals surface area (Å²) in [4.78, 5) is 24.1. The fourth-order valence-electron chi connectivity index (χ4n) is 2.97. The Morgan fingerprint density at radius 3 is 2.40 bits per heavy atom. The van der Waals surface area contributed by atoms with Crippen molar-refractivity contribution in [1.82, 2.24) is 5.32 Å². The zero-order chi connectivity index (χ0) is 18.2. The molecule has 0 bridgehead atoms. The standard InChI is InChI=1S/C20H30N2O3/c1-14(2)16-6-8-17(9-7-16)22-20(24)12-15(3)11-19(23)21-13-18-5-4-10-25-18/h6-9,14-15,18H,4-5,10-13H2,1-3H3,(H,21,23)(H,22,24)/t15-,18-/m1/s1. The second-order valence-corrected chi connectivity index (χ2v) is 7.28. The molecule has 2 amide bonds. The number of nitrogens with one attached hydrogen (secondary N) is 2. The number of ether oxygens (including phenoxy) is 1. The first-order chi connectivity index (χ1) is 11.9. The Morgan fingerprint density at radius 1 is 1.12 bits per heavy atom. The van der Waals surface area contributed by atoms with Crippen molar-refractivity contribution in [3.8, 4) is 0 Å². The van der Waals surface area contributed by atoms with Crippen LogP contribution < -0.4 is 10.6 Å². The van der Waals surface area contributed by atoms with Crippen molar-refractivity contribution in [2.75, 3.05) is 18.5 Å². The van der Waals surface area contributed by atoms with Crippen molar-refractivity contribution >= 4 is 17.5 Å². The molecule has 1 heterocycles. The average molecular weight is 346 g/mol. The molecule has 1 aromatic carbocycles. The molecule has 1 aromatic rings. The molecule has 0 aliphatic carbocycles. The maximum atomic E-state index is 12.1. The Bertz CT molecular complexity index is 563. The number of hydrogen-bond acceptors (Lipinski definition) is 3. The Labute approximate surface area is 150 Å². The lowest BCUT2D eigenvalue weighted by Gasteiger charge is -2.14. The van der Waals surface area contributed by atoms with E-state index in [2.05, 4.69) is 24.5 Å². The van der Waals surface area contributed by atoms with Crippen molar-refractivity contribution in [1.29, 1.82) is 0 Å². The third kappa shape index (κ3) is 6.86. The van der Waals surface area contributed by atoms with Gasteiger partial charge in [-0.3, -0.25) is 9.59 Å². The maximum Gasteiger partial charge on any atom is 0.224 e. The van der Waals surface area contributed by atoms with E-state index in [0.717, 1.165) is 25.1 Å². The predicted molar refractivity (Wildman–Crippen MR) is 99.5 cm³/mol. The maximum absolute atomic E-state index is 12.1. The summed E-state index contributed by atoms with van der Waals surface area (Å²) in [6, 6.07) is 7.91. The SMILES string of the molecule is CC(C)c1ccc(NC(=O)C[C@H](C)CC(=O)NC[C@H]2CCCO2)cc1. The summed E-state index contributed by atoms with van der Waals surface area (Å²) in [6.07, 6.45) is 2.91. The van der Waals surface area contributed by atoms with Crippen LogP contribution in [-0.2, 0) is 14.3 Å². The lowest BCUT2D eigenvalue weighted by molar-refractivity contribution is -0.122. The minimum Gasteiger partial charge on any atom is -0.376 e. The summed E-state index contributed by atoms with van der Waals surface area (Å²) in [5.41, 5.74) is 2.04. The van der Waals surface area contributed by atoms with Crippen LogP contribution in [0, 0.1) is 5.92 Å². The van der Waals surface area contributed by atoms with Crippen LogP contribution in [0.5, 0.6) is 0 Å². The van der Waals surface area contributed by atoms with Gasteiger partial charge in [-0.2, -0.15) is 0 Å². The largest absolute Gasteiger partial charge is 0.376 e. The minimum absolute atomic E-state index is 0.000524. The van der Waals surface area contributed by atoms with Crippen LogP contribution in [0.25, 0.3) is 0 Å². The van der Waals surface area contributed by atoms with E-state index >= 15 is 0 Å². The second-order valence-electron chi connectivity index (χ2n) is 7.28. The van der Waals surface area contributed by atoms with Crippen LogP contribution in [0.4, 0.5) is 5.69 Å². The van der Waals surface area contributed by atoms with Crippen LogP contribution in [0.3, 0.4) is 0 Å². The normalized spacial score (nSPS) is 18.2. The van der Waals surface area contributed by atoms with E-state index in [1.807, 2.05) is 31.2 Å². The third-order valence-corrected chi connectivity index (χ3v) is 4.48. The Balaban J connectivity index is 1.68. The van der Waals surface area contributed by atoms with Crippen molar-refractivity contribution < 1.29 is 14.3 Å². The molecule has 0 saturated carbocycles. The first-order valence-corrected chi connectivity index (χ1v) is 9.22. The van der Waals surface area contributed by atoms with Crippen molar-refractivity contribution in [3.63, 3.8) is 0 Å². The average Bonchev–Trinajstić information content (AvgIpc) is 3.06. The molecule has 2 N–H and O–H groups in total. The molecule has 1 aliphatic heterocycles. The smallest absolute Gasteiger partial charge is 0.224 e. The molecule has 1 aliphatic rings. The molecule has 1 saturated heterocycles. The van der Waals surface area contributed by atoms with Crippen molar-refractivity contribution in [3.05, 3.63) is 29.8 Å². The van der Waals surface area contributed by atoms with Crippen LogP contribution in [-0.4, -0.2) is 31.1 Å². The highest BCUT2D eigenvalue weighted by atomic mass is 16.5. The van der Waals surface area contributed by atoms with Crippen LogP contribution in [0.15, 0.2) is 24.3 Å². The van der Waals surface area contributed by atoms with Gasteiger partial charge in [-0.25, -0.2) is 0 Å². The number of hydrogen-bond donors (Lipinski definition) is 2. The summed E-state index contributed by atoms with van der Waals surface area (Å²) in [6.45, 7) is 7.56. The summed E-state index contributed by atoms with van der Waals surface area (Å²) in [5, 5.41) is 5.80. The quantitative estimate of drug-likeness (QED) is 0.757. The monoisotopic (exact) mass is 346 g/mol. The van der Waals surface area contributed by atoms with Gasteiger partial charge in [0.05, 0.1) is 6.10 Å². The summed E-state index contributed by atoms with van der Waals surface area (Å²) >= 11 is 0. The highest BCUT2D eigenvalue weighted by Gasteiger charge is 2.18. The third-order valence-electron chi connectivity index (χ3n) is 4.48. The van der Waals surface area contributed by atoms with Gasteiger partial charge in [-0.1, -0.05) is 32.9 Å². The zero-order valence-electron chi connectivity index (χ0n) is 15.5. The topological polar surface area (TPSA) is 67.4 Å². The number of anilines is 1. The van der Waals surface area contributed by atoms with Gasteiger partial charge in [0.25, 0.3) is 0 Å². The number of rotatable bonds is 8. The van der Waals surface area contributed by atoms with E-state index in [1.54, 1.807) is 0 Å². The van der Waals surface area contributed by atoms with Gasteiger partial charge in [0.2, 0.25) is 11.8 Å². The Hall–Kier alpha value is -1.88. The summed E-state index contributed by atoms with van der Waals surface area (Å²) in [5.74, 6) is 0.395. The van der Waals surface area contributed by atoms with Gasteiger partial charge in [-0.05, 0) is 42.4 Å². The van der Waals surface area contributed by atoms with E-state index in [1.165, 1.54) is 5.56 Å². The lowest BCUT2D eigenvalue weighted by Crippen LogP contribution is -2.33. The molecule has 5 nitrogen and oxygen atoms in total. The van der Waals surface area contributed by atoms with Gasteiger partial charge < -0.3 is 15.4 Å². The number of carbonyl (C=O) groups is 2. The van der Waals surface area contributed by atoms with Gasteiger partial charge in [0, 0.05) is 31.7 Å². The van der Waals surface area contributed by atoms with Crippen molar-refractivity contribution in [2.24, 2.45) is 5.92 Å². The second kappa shape index (κ2) is 9.56. The number of carbonyl (C=O) groups excluding carboxylic acids is 2. The van der Waals surface area contributed by atoms with Crippen LogP contribution >= 0.6 is 0 Å². The fraction of sp³-hybridized carbons (Fsp3) is 0.600. The zero-order valence-corrected chi connectivity index (χ0v) is 15.5. The summed E-state index contributed by atoms with van der Waals surface area (Å²) < 4.78 is 5.48. The Kier molecular flexibility index (Phi) is 7.44. The van der Waals surface area contributed by atoms with Crippen LogP contribution in [0.2, 0.25) is 0 Å². The lowest BCUT2D eigenvalue weighted by atomic mass is 10.0. The molecule has 138 valence electrons. The first-order valence-electron chi connectivity index (χ1n) is 9.22. The predicted octanol–water partition coefficient (Wildman–Crippen LogP) is 3.46. The minimum atomic E-state index is -0.0586. The summed E-state index contributed by atoms with van der Waals surface area (Å²) in [7, 11) is 0. The van der Waals surface area contributed by atoms with Crippen molar-refractivity contribution in [2.45, 2.75) is 58.5 Å². The van der Waals surface area contributed by atoms with E-state index in [9.17, 15) is 9.59 Å². The molecule has 2 atom stereocenters. The van der Waals surface area contributed by atoms with Gasteiger partial charge >= 0.3 is 0 Å². The van der Waals surface area contributed by atoms with E-state index in [4.69, 9.17) is 4.74 Å². The molecule has 0 aromatic heterocycles. The van der Waals surface area contributed by atoms with Gasteiger partial charge in [-0.15, -0.1) is 0 Å². The van der Waals surface area contributed by atoms with E-state index in [-0.39, 0.29) is 23.8 Å². The Morgan fingerprint density at radius 2 is 1.80 bits per heavy atom. The van der Waals surface area contributed by atoms with Gasteiger partial charge in [0.15, 0.2) is 0 Å². The number of benzene rings is 1. The molecule has 2 rings (SSSR count). The molecular formula is C20H30N2O3. The fourth-order valence-corrected chi connectivity index (χ4v) is 2.97. The van der Waals surface area contributed by atoms with Gasteiger partial charge in [0.1, 0.15) is 0 Å². The molecular weight excluding hydrogens is 316 g/mol. The highest BCUT2D eigenvalue weighted by Crippen LogP contribution is 2.18. The first kappa shape index (κ1) is 19.4. The molecule has 0 unspecified atom stereocenters. The molecule has 1 fully saturated rings. The molecule has 0 radical (unpaired) electrons. The molecule has 5 heteroatoms. The van der Waals surface area contributed by atoms with E-state index < -0.39 is 0 Å². The van der Waals surface area contributed by atoms with Crippen LogP contribution in [0.1, 0.15) is 57.9 Å². The number of amides is 2. The molecule has 25 heavy (non-hydrogen) atoms. The highest BCUT2D eigenvalue weighted by molar-refractivity contribution is 5.91.